The molecule has 0 saturated carbocycles. The molecule has 7 nitrogen and oxygen atoms in total. The number of aliphatic hydroxyl groups excluding tert-OH is 1. The fraction of sp³-hybridized carbons (Fsp3) is 0.148. The Morgan fingerprint density at radius 2 is 1.60 bits per heavy atom. The molecular weight excluding hydrogens is 555 g/mol. The molecule has 1 fully saturated rings. The molecule has 174 valence electrons. The van der Waals surface area contributed by atoms with E-state index in [1.165, 1.54) is 4.90 Å². The molecule has 8 heteroatoms. The highest BCUT2D eigenvalue weighted by Gasteiger charge is 2.54. The first-order valence-electron chi connectivity index (χ1n) is 11.1. The van der Waals surface area contributed by atoms with Gasteiger partial charge in [-0.25, -0.2) is 9.91 Å². The summed E-state index contributed by atoms with van der Waals surface area (Å²) in [6.45, 7) is 0. The third-order valence-electron chi connectivity index (χ3n) is 6.28. The Hall–Kier alpha value is -3.52. The van der Waals surface area contributed by atoms with Gasteiger partial charge in [0.1, 0.15) is 6.04 Å². The molecule has 0 bridgehead atoms. The fourth-order valence-electron chi connectivity index (χ4n) is 4.53. The SMILES string of the molecule is N#Cc1ccc(NN2C(C(O)c3ccc(I)cc3)C=CC3C(=O)N(c4ccccc4)C(=O)C32)cc1. The Balaban J connectivity index is 1.54. The van der Waals surface area contributed by atoms with Crippen molar-refractivity contribution in [3.05, 3.63) is 106 Å². The van der Waals surface area contributed by atoms with Crippen LogP contribution in [0.15, 0.2) is 91.0 Å². The molecular formula is C27H21IN4O3. The lowest BCUT2D eigenvalue weighted by Gasteiger charge is -2.40. The number of amides is 2. The van der Waals surface area contributed by atoms with E-state index >= 15 is 0 Å². The zero-order valence-corrected chi connectivity index (χ0v) is 20.6. The van der Waals surface area contributed by atoms with Crippen molar-refractivity contribution >= 4 is 45.8 Å². The summed E-state index contributed by atoms with van der Waals surface area (Å²) in [6, 6.07) is 23.8. The lowest BCUT2D eigenvalue weighted by Crippen LogP contribution is -2.55. The number of imide groups is 1. The second-order valence-corrected chi connectivity index (χ2v) is 9.64. The van der Waals surface area contributed by atoms with Crippen LogP contribution in [0.1, 0.15) is 17.2 Å². The number of aliphatic hydroxyl groups is 1. The molecule has 2 heterocycles. The molecule has 2 aliphatic heterocycles. The van der Waals surface area contributed by atoms with Crippen molar-refractivity contribution in [1.82, 2.24) is 5.01 Å². The number of nitrogens with one attached hydrogen (secondary N) is 1. The van der Waals surface area contributed by atoms with Crippen LogP contribution in [0.25, 0.3) is 0 Å². The molecule has 3 aromatic rings. The van der Waals surface area contributed by atoms with Gasteiger partial charge in [0.2, 0.25) is 5.91 Å². The zero-order chi connectivity index (χ0) is 24.5. The zero-order valence-electron chi connectivity index (χ0n) is 18.5. The molecule has 0 aromatic heterocycles. The maximum Gasteiger partial charge on any atom is 0.254 e. The minimum absolute atomic E-state index is 0.309. The van der Waals surface area contributed by atoms with Crippen LogP contribution in [0.2, 0.25) is 0 Å². The number of hydrogen-bond acceptors (Lipinski definition) is 6. The number of para-hydroxylation sites is 1. The van der Waals surface area contributed by atoms with E-state index in [9.17, 15) is 14.7 Å². The molecule has 4 atom stereocenters. The van der Waals surface area contributed by atoms with Crippen molar-refractivity contribution in [1.29, 1.82) is 5.26 Å². The first kappa shape index (κ1) is 23.2. The molecule has 0 aliphatic carbocycles. The van der Waals surface area contributed by atoms with Crippen LogP contribution < -0.4 is 10.3 Å². The number of nitrogens with zero attached hydrogens (tertiary/aromatic N) is 3. The molecule has 0 spiro atoms. The molecule has 0 radical (unpaired) electrons. The van der Waals surface area contributed by atoms with Gasteiger partial charge < -0.3 is 10.5 Å². The largest absolute Gasteiger partial charge is 0.386 e. The quantitative estimate of drug-likeness (QED) is 0.271. The van der Waals surface area contributed by atoms with E-state index in [0.29, 0.717) is 22.5 Å². The van der Waals surface area contributed by atoms with Crippen molar-refractivity contribution in [3.63, 3.8) is 0 Å². The van der Waals surface area contributed by atoms with Crippen LogP contribution in [0, 0.1) is 20.8 Å². The topological polar surface area (TPSA) is 96.7 Å². The monoisotopic (exact) mass is 576 g/mol. The van der Waals surface area contributed by atoms with Crippen molar-refractivity contribution in [2.75, 3.05) is 10.3 Å². The maximum absolute atomic E-state index is 13.7. The predicted octanol–water partition coefficient (Wildman–Crippen LogP) is 4.02. The van der Waals surface area contributed by atoms with Gasteiger partial charge >= 0.3 is 0 Å². The number of nitriles is 1. The predicted molar refractivity (Wildman–Crippen MR) is 140 cm³/mol. The summed E-state index contributed by atoms with van der Waals surface area (Å²) in [5.74, 6) is -1.37. The lowest BCUT2D eigenvalue weighted by atomic mass is 9.90. The Bertz CT molecular complexity index is 1320. The second kappa shape index (κ2) is 9.62. The van der Waals surface area contributed by atoms with Crippen LogP contribution in [0.5, 0.6) is 0 Å². The molecule has 2 N–H and O–H groups in total. The van der Waals surface area contributed by atoms with Gasteiger partial charge in [0.15, 0.2) is 0 Å². The molecule has 5 rings (SSSR count). The first-order chi connectivity index (χ1) is 17.0. The fourth-order valence-corrected chi connectivity index (χ4v) is 4.89. The van der Waals surface area contributed by atoms with Crippen molar-refractivity contribution in [2.24, 2.45) is 5.92 Å². The molecule has 2 amide bonds. The number of rotatable bonds is 5. The number of halogens is 1. The van der Waals surface area contributed by atoms with E-state index in [1.54, 1.807) is 65.7 Å². The van der Waals surface area contributed by atoms with Crippen LogP contribution in [-0.4, -0.2) is 34.0 Å². The Kier molecular flexibility index (Phi) is 6.38. The highest BCUT2D eigenvalue weighted by Crippen LogP contribution is 2.38. The van der Waals surface area contributed by atoms with Gasteiger partial charge in [-0.2, -0.15) is 5.26 Å². The summed E-state index contributed by atoms with van der Waals surface area (Å²) in [4.78, 5) is 28.2. The molecule has 35 heavy (non-hydrogen) atoms. The van der Waals surface area contributed by atoms with Gasteiger partial charge in [0.25, 0.3) is 5.91 Å². The van der Waals surface area contributed by atoms with E-state index in [-0.39, 0.29) is 11.8 Å². The Morgan fingerprint density at radius 3 is 2.26 bits per heavy atom. The highest BCUT2D eigenvalue weighted by molar-refractivity contribution is 14.1. The average molecular weight is 576 g/mol. The lowest BCUT2D eigenvalue weighted by molar-refractivity contribution is -0.123. The molecule has 1 saturated heterocycles. The number of hydrazine groups is 1. The Labute approximate surface area is 216 Å². The van der Waals surface area contributed by atoms with E-state index in [0.717, 1.165) is 3.57 Å². The van der Waals surface area contributed by atoms with E-state index < -0.39 is 24.1 Å². The van der Waals surface area contributed by atoms with Crippen LogP contribution in [0.3, 0.4) is 0 Å². The number of anilines is 2. The van der Waals surface area contributed by atoms with Gasteiger partial charge in [0, 0.05) is 9.26 Å². The minimum atomic E-state index is -0.955. The highest BCUT2D eigenvalue weighted by atomic mass is 127. The van der Waals surface area contributed by atoms with Gasteiger partial charge in [-0.15, -0.1) is 0 Å². The standard InChI is InChI=1S/C27H21IN4O3/c28-19-10-8-18(9-11-19)25(33)23-15-14-22-24(32(23)30-20-12-6-17(16-29)7-13-20)27(35)31(26(22)34)21-4-2-1-3-5-21/h1-15,22-25,30,33H. The van der Waals surface area contributed by atoms with Crippen LogP contribution >= 0.6 is 22.6 Å². The summed E-state index contributed by atoms with van der Waals surface area (Å²) in [6.07, 6.45) is 2.55. The molecule has 2 aliphatic rings. The number of hydrogen-bond donors (Lipinski definition) is 2. The number of benzene rings is 3. The van der Waals surface area contributed by atoms with Crippen molar-refractivity contribution in [3.8, 4) is 6.07 Å². The van der Waals surface area contributed by atoms with Crippen molar-refractivity contribution < 1.29 is 14.7 Å². The smallest absolute Gasteiger partial charge is 0.254 e. The van der Waals surface area contributed by atoms with E-state index in [4.69, 9.17) is 5.26 Å². The van der Waals surface area contributed by atoms with Gasteiger partial charge in [-0.1, -0.05) is 42.5 Å². The average Bonchev–Trinajstić information content (AvgIpc) is 3.15. The summed E-state index contributed by atoms with van der Waals surface area (Å²) in [5.41, 5.74) is 5.60. The normalized spacial score (nSPS) is 22.5. The van der Waals surface area contributed by atoms with Crippen molar-refractivity contribution in [2.45, 2.75) is 18.2 Å². The van der Waals surface area contributed by atoms with E-state index in [1.807, 2.05) is 30.3 Å². The third-order valence-corrected chi connectivity index (χ3v) is 7.00. The third kappa shape index (κ3) is 4.34. The van der Waals surface area contributed by atoms with Gasteiger partial charge in [-0.3, -0.25) is 9.59 Å². The number of carbonyl (C=O) groups excluding carboxylic acids is 2. The summed E-state index contributed by atoms with van der Waals surface area (Å²) in [5, 5.41) is 22.1. The first-order valence-corrected chi connectivity index (χ1v) is 12.2. The second-order valence-electron chi connectivity index (χ2n) is 8.40. The van der Waals surface area contributed by atoms with Gasteiger partial charge in [-0.05, 0) is 76.7 Å². The van der Waals surface area contributed by atoms with Crippen LogP contribution in [0.4, 0.5) is 11.4 Å². The number of carbonyl (C=O) groups is 2. The summed E-state index contributed by atoms with van der Waals surface area (Å²) < 4.78 is 1.04. The van der Waals surface area contributed by atoms with Crippen LogP contribution in [-0.2, 0) is 9.59 Å². The maximum atomic E-state index is 13.7. The molecule has 4 unspecified atom stereocenters. The summed E-state index contributed by atoms with van der Waals surface area (Å²) >= 11 is 2.20. The Morgan fingerprint density at radius 1 is 0.914 bits per heavy atom. The van der Waals surface area contributed by atoms with E-state index in [2.05, 4.69) is 34.1 Å². The number of fused-ring (bicyclic) bond motifs is 1. The minimum Gasteiger partial charge on any atom is -0.386 e. The summed E-state index contributed by atoms with van der Waals surface area (Å²) in [7, 11) is 0. The van der Waals surface area contributed by atoms with Gasteiger partial charge in [0.05, 0.1) is 35.4 Å². The molecule has 3 aromatic carbocycles.